The molecule has 2 heterocycles. The first kappa shape index (κ1) is 12.1. The van der Waals surface area contributed by atoms with E-state index in [9.17, 15) is 13.2 Å². The third-order valence-electron chi connectivity index (χ3n) is 3.33. The van der Waals surface area contributed by atoms with Gasteiger partial charge in [-0.1, -0.05) is 6.07 Å². The molecule has 0 fully saturated rings. The Labute approximate surface area is 107 Å². The van der Waals surface area contributed by atoms with E-state index in [-0.39, 0.29) is 5.92 Å². The summed E-state index contributed by atoms with van der Waals surface area (Å²) in [5.41, 5.74) is 1.87. The van der Waals surface area contributed by atoms with Crippen LogP contribution in [0.2, 0.25) is 0 Å². The quantitative estimate of drug-likeness (QED) is 0.795. The molecule has 1 aliphatic rings. The van der Waals surface area contributed by atoms with Crippen molar-refractivity contribution in [2.24, 2.45) is 0 Å². The molecule has 3 rings (SSSR count). The summed E-state index contributed by atoms with van der Waals surface area (Å²) in [6, 6.07) is 2.51. The lowest BCUT2D eigenvalue weighted by Gasteiger charge is -2.12. The largest absolute Gasteiger partial charge is 0.433 e. The number of hydrogen-bond acceptors (Lipinski definition) is 3. The van der Waals surface area contributed by atoms with Crippen molar-refractivity contribution in [3.63, 3.8) is 0 Å². The maximum Gasteiger partial charge on any atom is 0.433 e. The number of fused-ring (bicyclic) bond motifs is 1. The summed E-state index contributed by atoms with van der Waals surface area (Å²) in [5, 5.41) is 0. The molecule has 0 aromatic carbocycles. The molecular formula is C13H10F3N3. The van der Waals surface area contributed by atoms with Crippen LogP contribution in [0.4, 0.5) is 13.2 Å². The van der Waals surface area contributed by atoms with Crippen molar-refractivity contribution in [3.8, 4) is 0 Å². The number of halogens is 3. The molecule has 1 unspecified atom stereocenters. The molecule has 19 heavy (non-hydrogen) atoms. The van der Waals surface area contributed by atoms with Gasteiger partial charge >= 0.3 is 6.18 Å². The van der Waals surface area contributed by atoms with E-state index in [1.165, 1.54) is 18.6 Å². The van der Waals surface area contributed by atoms with Crippen LogP contribution >= 0.6 is 0 Å². The highest BCUT2D eigenvalue weighted by molar-refractivity contribution is 5.35. The van der Waals surface area contributed by atoms with Crippen LogP contribution in [0.1, 0.15) is 34.9 Å². The van der Waals surface area contributed by atoms with Crippen molar-refractivity contribution in [2.45, 2.75) is 24.9 Å². The zero-order chi connectivity index (χ0) is 13.5. The molecule has 0 radical (unpaired) electrons. The normalized spacial score (nSPS) is 18.4. The van der Waals surface area contributed by atoms with Crippen LogP contribution in [-0.2, 0) is 12.6 Å². The molecule has 0 N–H and O–H groups in total. The van der Waals surface area contributed by atoms with Crippen LogP contribution in [0.15, 0.2) is 30.9 Å². The van der Waals surface area contributed by atoms with Crippen molar-refractivity contribution in [1.29, 1.82) is 0 Å². The van der Waals surface area contributed by atoms with Crippen molar-refractivity contribution in [2.75, 3.05) is 0 Å². The lowest BCUT2D eigenvalue weighted by atomic mass is 9.98. The van der Waals surface area contributed by atoms with Crippen LogP contribution in [0, 0.1) is 0 Å². The fraction of sp³-hybridized carbons (Fsp3) is 0.308. The Morgan fingerprint density at radius 1 is 1.11 bits per heavy atom. The number of pyridine rings is 1. The molecule has 6 heteroatoms. The minimum atomic E-state index is -4.39. The molecule has 0 bridgehead atoms. The van der Waals surface area contributed by atoms with E-state index in [1.807, 2.05) is 0 Å². The maximum absolute atomic E-state index is 12.5. The van der Waals surface area contributed by atoms with Gasteiger partial charge in [0, 0.05) is 18.3 Å². The maximum atomic E-state index is 12.5. The molecule has 0 spiro atoms. The highest BCUT2D eigenvalue weighted by Crippen LogP contribution is 2.36. The molecule has 0 aliphatic heterocycles. The van der Waals surface area contributed by atoms with Gasteiger partial charge in [-0.05, 0) is 30.0 Å². The van der Waals surface area contributed by atoms with Crippen LogP contribution in [0.25, 0.3) is 0 Å². The second-order valence-corrected chi connectivity index (χ2v) is 4.50. The lowest BCUT2D eigenvalue weighted by molar-refractivity contribution is -0.141. The Morgan fingerprint density at radius 2 is 1.95 bits per heavy atom. The Hall–Kier alpha value is -1.98. The Kier molecular flexibility index (Phi) is 2.73. The van der Waals surface area contributed by atoms with Crippen LogP contribution < -0.4 is 0 Å². The van der Waals surface area contributed by atoms with Crippen molar-refractivity contribution in [1.82, 2.24) is 15.0 Å². The first-order chi connectivity index (χ1) is 9.05. The highest BCUT2D eigenvalue weighted by Gasteiger charge is 2.33. The SMILES string of the molecule is FC(F)(F)c1ccc(C2CCc3cncnc32)cn1. The molecule has 2 aromatic rings. The summed E-state index contributed by atoms with van der Waals surface area (Å²) in [7, 11) is 0. The van der Waals surface area contributed by atoms with Crippen molar-refractivity contribution in [3.05, 3.63) is 53.4 Å². The Morgan fingerprint density at radius 3 is 2.63 bits per heavy atom. The third kappa shape index (κ3) is 2.18. The summed E-state index contributed by atoms with van der Waals surface area (Å²) in [6.45, 7) is 0. The predicted molar refractivity (Wildman–Crippen MR) is 61.4 cm³/mol. The second-order valence-electron chi connectivity index (χ2n) is 4.50. The standard InChI is InChI=1S/C13H10F3N3/c14-13(15,16)11-4-2-8(6-18-11)10-3-1-9-5-17-7-19-12(9)10/h2,4-7,10H,1,3H2. The molecular weight excluding hydrogens is 255 g/mol. The summed E-state index contributed by atoms with van der Waals surface area (Å²) < 4.78 is 37.4. The van der Waals surface area contributed by atoms with Gasteiger partial charge in [0.25, 0.3) is 0 Å². The van der Waals surface area contributed by atoms with Crippen LogP contribution in [-0.4, -0.2) is 15.0 Å². The molecule has 98 valence electrons. The molecule has 3 nitrogen and oxygen atoms in total. The van der Waals surface area contributed by atoms with Gasteiger partial charge in [-0.2, -0.15) is 13.2 Å². The fourth-order valence-corrected chi connectivity index (χ4v) is 2.41. The van der Waals surface area contributed by atoms with Gasteiger partial charge in [0.15, 0.2) is 0 Å². The Bertz CT molecular complexity index is 593. The van der Waals surface area contributed by atoms with Gasteiger partial charge in [0.05, 0.1) is 5.69 Å². The first-order valence-electron chi connectivity index (χ1n) is 5.87. The Balaban J connectivity index is 1.93. The monoisotopic (exact) mass is 265 g/mol. The molecule has 2 aromatic heterocycles. The minimum absolute atomic E-state index is 0.0211. The average Bonchev–Trinajstić information content (AvgIpc) is 2.82. The van der Waals surface area contributed by atoms with Crippen molar-refractivity contribution < 1.29 is 13.2 Å². The zero-order valence-electron chi connectivity index (χ0n) is 9.85. The fourth-order valence-electron chi connectivity index (χ4n) is 2.41. The number of rotatable bonds is 1. The number of hydrogen-bond donors (Lipinski definition) is 0. The highest BCUT2D eigenvalue weighted by atomic mass is 19.4. The first-order valence-corrected chi connectivity index (χ1v) is 5.87. The molecule has 1 atom stereocenters. The van der Waals surface area contributed by atoms with Gasteiger partial charge in [-0.25, -0.2) is 9.97 Å². The average molecular weight is 265 g/mol. The predicted octanol–water partition coefficient (Wildman–Crippen LogP) is 2.97. The van der Waals surface area contributed by atoms with E-state index >= 15 is 0 Å². The molecule has 0 amide bonds. The van der Waals surface area contributed by atoms with Gasteiger partial charge < -0.3 is 0 Å². The van der Waals surface area contributed by atoms with E-state index < -0.39 is 11.9 Å². The smallest absolute Gasteiger partial charge is 0.251 e. The van der Waals surface area contributed by atoms with Gasteiger partial charge in [0.2, 0.25) is 0 Å². The van der Waals surface area contributed by atoms with Crippen LogP contribution in [0.3, 0.4) is 0 Å². The number of aryl methyl sites for hydroxylation is 1. The van der Waals surface area contributed by atoms with Gasteiger partial charge in [0.1, 0.15) is 12.0 Å². The number of alkyl halides is 3. The van der Waals surface area contributed by atoms with Gasteiger partial charge in [-0.15, -0.1) is 0 Å². The lowest BCUT2D eigenvalue weighted by Crippen LogP contribution is -2.08. The molecule has 1 aliphatic carbocycles. The summed E-state index contributed by atoms with van der Waals surface area (Å²) >= 11 is 0. The molecule has 0 saturated heterocycles. The minimum Gasteiger partial charge on any atom is -0.251 e. The van der Waals surface area contributed by atoms with Crippen molar-refractivity contribution >= 4 is 0 Å². The second kappa shape index (κ2) is 4.29. The third-order valence-corrected chi connectivity index (χ3v) is 3.33. The summed E-state index contributed by atoms with van der Waals surface area (Å²) in [5.74, 6) is 0.0211. The number of aromatic nitrogens is 3. The topological polar surface area (TPSA) is 38.7 Å². The van der Waals surface area contributed by atoms with E-state index in [2.05, 4.69) is 15.0 Å². The van der Waals surface area contributed by atoms with E-state index in [4.69, 9.17) is 0 Å². The molecule has 0 saturated carbocycles. The summed E-state index contributed by atoms with van der Waals surface area (Å²) in [4.78, 5) is 11.7. The van der Waals surface area contributed by atoms with E-state index in [1.54, 1.807) is 6.20 Å². The van der Waals surface area contributed by atoms with Gasteiger partial charge in [-0.3, -0.25) is 4.98 Å². The van der Waals surface area contributed by atoms with E-state index in [0.717, 1.165) is 35.7 Å². The van der Waals surface area contributed by atoms with Crippen LogP contribution in [0.5, 0.6) is 0 Å². The summed E-state index contributed by atoms with van der Waals surface area (Å²) in [6.07, 6.45) is 1.82. The number of nitrogens with zero attached hydrogens (tertiary/aromatic N) is 3. The zero-order valence-corrected chi connectivity index (χ0v) is 9.85. The van der Waals surface area contributed by atoms with E-state index in [0.29, 0.717) is 0 Å².